The average Bonchev–Trinajstić information content (AvgIpc) is 3.08. The molecule has 1 N–H and O–H groups in total. The first-order valence-corrected chi connectivity index (χ1v) is 7.76. The predicted octanol–water partition coefficient (Wildman–Crippen LogP) is 5.28. The second kappa shape index (κ2) is 6.41. The summed E-state index contributed by atoms with van der Waals surface area (Å²) in [7, 11) is 0. The molecule has 3 heteroatoms. The minimum Gasteiger partial charge on any atom is -0.478 e. The Morgan fingerprint density at radius 2 is 1.68 bits per heavy atom. The highest BCUT2D eigenvalue weighted by Crippen LogP contribution is 2.29. The molecule has 1 heterocycles. The molecule has 1 aromatic heterocycles. The summed E-state index contributed by atoms with van der Waals surface area (Å²) in [5.41, 5.74) is 3.63. The van der Waals surface area contributed by atoms with Crippen LogP contribution in [0.15, 0.2) is 66.0 Å². The van der Waals surface area contributed by atoms with Crippen LogP contribution in [0.4, 0.5) is 0 Å². The van der Waals surface area contributed by atoms with Crippen molar-refractivity contribution in [1.29, 1.82) is 0 Å². The third-order valence-electron chi connectivity index (χ3n) is 3.36. The molecule has 3 aromatic rings. The normalized spacial score (nSPS) is 10.9. The summed E-state index contributed by atoms with van der Waals surface area (Å²) in [6.07, 6.45) is 4.06. The number of benzene rings is 2. The van der Waals surface area contributed by atoms with Crippen LogP contribution < -0.4 is 0 Å². The fourth-order valence-electron chi connectivity index (χ4n) is 2.22. The lowest BCUT2D eigenvalue weighted by molar-refractivity contribution is 0.0697. The molecule has 0 bridgehead atoms. The van der Waals surface area contributed by atoms with Gasteiger partial charge in [0.15, 0.2) is 0 Å². The standard InChI is InChI=1S/C19H14O2S/c20-19(21)16-11-8-14(9-12-16)7-10-15-4-1-2-5-17(15)18-6-3-13-22-18/h1-13H,(H,20,21)/b10-7+. The molecule has 0 radical (unpaired) electrons. The summed E-state index contributed by atoms with van der Waals surface area (Å²) in [6.45, 7) is 0. The Bertz CT molecular complexity index is 800. The fraction of sp³-hybridized carbons (Fsp3) is 0. The molecular weight excluding hydrogens is 292 g/mol. The highest BCUT2D eigenvalue weighted by Gasteiger charge is 2.03. The van der Waals surface area contributed by atoms with Crippen LogP contribution in [-0.2, 0) is 0 Å². The number of carboxylic acid groups (broad SMARTS) is 1. The zero-order chi connectivity index (χ0) is 15.4. The topological polar surface area (TPSA) is 37.3 Å². The van der Waals surface area contributed by atoms with Gasteiger partial charge in [0.1, 0.15) is 0 Å². The smallest absolute Gasteiger partial charge is 0.335 e. The first kappa shape index (κ1) is 14.3. The van der Waals surface area contributed by atoms with Crippen molar-refractivity contribution >= 4 is 29.5 Å². The number of hydrogen-bond acceptors (Lipinski definition) is 2. The molecule has 0 unspecified atom stereocenters. The molecule has 108 valence electrons. The number of carbonyl (C=O) groups is 1. The first-order valence-electron chi connectivity index (χ1n) is 6.88. The van der Waals surface area contributed by atoms with Gasteiger partial charge in [-0.05, 0) is 40.3 Å². The molecule has 0 fully saturated rings. The van der Waals surface area contributed by atoms with Gasteiger partial charge in [-0.3, -0.25) is 0 Å². The quantitative estimate of drug-likeness (QED) is 0.665. The van der Waals surface area contributed by atoms with Crippen LogP contribution in [0, 0.1) is 0 Å². The SMILES string of the molecule is O=C(O)c1ccc(/C=C/c2ccccc2-c2cccs2)cc1. The van der Waals surface area contributed by atoms with Crippen molar-refractivity contribution in [3.05, 3.63) is 82.7 Å². The summed E-state index contributed by atoms with van der Waals surface area (Å²) in [5.74, 6) is -0.904. The van der Waals surface area contributed by atoms with Gasteiger partial charge in [0, 0.05) is 4.88 Å². The number of carboxylic acids is 1. The van der Waals surface area contributed by atoms with E-state index in [1.165, 1.54) is 10.4 Å². The third kappa shape index (κ3) is 3.15. The highest BCUT2D eigenvalue weighted by molar-refractivity contribution is 7.13. The lowest BCUT2D eigenvalue weighted by Crippen LogP contribution is -1.94. The van der Waals surface area contributed by atoms with Gasteiger partial charge in [-0.1, -0.05) is 54.6 Å². The van der Waals surface area contributed by atoms with Gasteiger partial charge >= 0.3 is 5.97 Å². The lowest BCUT2D eigenvalue weighted by Gasteiger charge is -2.03. The Balaban J connectivity index is 1.88. The van der Waals surface area contributed by atoms with E-state index in [-0.39, 0.29) is 0 Å². The van der Waals surface area contributed by atoms with Gasteiger partial charge < -0.3 is 5.11 Å². The maximum absolute atomic E-state index is 10.9. The summed E-state index contributed by atoms with van der Waals surface area (Å²) in [6, 6.07) is 19.3. The van der Waals surface area contributed by atoms with Crippen LogP contribution in [0.5, 0.6) is 0 Å². The summed E-state index contributed by atoms with van der Waals surface area (Å²) < 4.78 is 0. The number of rotatable bonds is 4. The Morgan fingerprint density at radius 1 is 0.909 bits per heavy atom. The van der Waals surface area contributed by atoms with E-state index in [4.69, 9.17) is 5.11 Å². The first-order chi connectivity index (χ1) is 10.7. The fourth-order valence-corrected chi connectivity index (χ4v) is 3.00. The molecule has 0 aliphatic heterocycles. The van der Waals surface area contributed by atoms with Crippen molar-refractivity contribution in [1.82, 2.24) is 0 Å². The van der Waals surface area contributed by atoms with Gasteiger partial charge in [-0.15, -0.1) is 11.3 Å². The molecule has 0 amide bonds. The number of aromatic carboxylic acids is 1. The molecule has 22 heavy (non-hydrogen) atoms. The van der Waals surface area contributed by atoms with Gasteiger partial charge in [-0.2, -0.15) is 0 Å². The van der Waals surface area contributed by atoms with Crippen LogP contribution in [0.2, 0.25) is 0 Å². The van der Waals surface area contributed by atoms with Crippen molar-refractivity contribution in [2.45, 2.75) is 0 Å². The molecule has 3 rings (SSSR count). The zero-order valence-electron chi connectivity index (χ0n) is 11.8. The van der Waals surface area contributed by atoms with Crippen LogP contribution in [-0.4, -0.2) is 11.1 Å². The van der Waals surface area contributed by atoms with Crippen molar-refractivity contribution < 1.29 is 9.90 Å². The Kier molecular flexibility index (Phi) is 4.17. The zero-order valence-corrected chi connectivity index (χ0v) is 12.6. The van der Waals surface area contributed by atoms with Gasteiger partial charge in [0.05, 0.1) is 5.56 Å². The van der Waals surface area contributed by atoms with Crippen LogP contribution >= 0.6 is 11.3 Å². The van der Waals surface area contributed by atoms with Crippen LogP contribution in [0.3, 0.4) is 0 Å². The Morgan fingerprint density at radius 3 is 2.36 bits per heavy atom. The molecule has 0 spiro atoms. The second-order valence-corrected chi connectivity index (χ2v) is 5.77. The van der Waals surface area contributed by atoms with E-state index in [2.05, 4.69) is 29.7 Å². The van der Waals surface area contributed by atoms with Crippen LogP contribution in [0.1, 0.15) is 21.5 Å². The van der Waals surface area contributed by atoms with Gasteiger partial charge in [0.25, 0.3) is 0 Å². The van der Waals surface area contributed by atoms with Crippen molar-refractivity contribution in [2.75, 3.05) is 0 Å². The Hall–Kier alpha value is -2.65. The van der Waals surface area contributed by atoms with E-state index >= 15 is 0 Å². The van der Waals surface area contributed by atoms with Gasteiger partial charge in [-0.25, -0.2) is 4.79 Å². The number of hydrogen-bond donors (Lipinski definition) is 1. The molecule has 0 aliphatic carbocycles. The summed E-state index contributed by atoms with van der Waals surface area (Å²) in [5, 5.41) is 11.0. The molecule has 0 aliphatic rings. The van der Waals surface area contributed by atoms with Crippen molar-refractivity contribution in [3.8, 4) is 10.4 Å². The van der Waals surface area contributed by atoms with E-state index in [0.29, 0.717) is 5.56 Å². The highest BCUT2D eigenvalue weighted by atomic mass is 32.1. The minimum absolute atomic E-state index is 0.302. The molecular formula is C19H14O2S. The minimum atomic E-state index is -0.904. The van der Waals surface area contributed by atoms with E-state index in [9.17, 15) is 4.79 Å². The third-order valence-corrected chi connectivity index (χ3v) is 4.26. The molecule has 0 atom stereocenters. The van der Waals surface area contributed by atoms with E-state index in [1.54, 1.807) is 23.5 Å². The number of thiophene rings is 1. The van der Waals surface area contributed by atoms with E-state index in [0.717, 1.165) is 11.1 Å². The summed E-state index contributed by atoms with van der Waals surface area (Å²) in [4.78, 5) is 12.1. The maximum Gasteiger partial charge on any atom is 0.335 e. The van der Waals surface area contributed by atoms with E-state index in [1.807, 2.05) is 36.4 Å². The summed E-state index contributed by atoms with van der Waals surface area (Å²) >= 11 is 1.72. The van der Waals surface area contributed by atoms with Crippen LogP contribution in [0.25, 0.3) is 22.6 Å². The predicted molar refractivity (Wildman–Crippen MR) is 92.1 cm³/mol. The lowest BCUT2D eigenvalue weighted by atomic mass is 10.0. The molecule has 2 nitrogen and oxygen atoms in total. The van der Waals surface area contributed by atoms with E-state index < -0.39 is 5.97 Å². The monoisotopic (exact) mass is 306 g/mol. The van der Waals surface area contributed by atoms with Gasteiger partial charge in [0.2, 0.25) is 0 Å². The van der Waals surface area contributed by atoms with Crippen molar-refractivity contribution in [2.24, 2.45) is 0 Å². The molecule has 0 saturated heterocycles. The van der Waals surface area contributed by atoms with Crippen molar-refractivity contribution in [3.63, 3.8) is 0 Å². The maximum atomic E-state index is 10.9. The Labute approximate surface area is 133 Å². The molecule has 2 aromatic carbocycles. The largest absolute Gasteiger partial charge is 0.478 e. The molecule has 0 saturated carbocycles. The second-order valence-electron chi connectivity index (χ2n) is 4.83. The average molecular weight is 306 g/mol.